The number of carbonyl (C=O) groups excluding carboxylic acids is 2. The molecule has 40 heavy (non-hydrogen) atoms. The van der Waals surface area contributed by atoms with E-state index in [1.165, 1.54) is 26.4 Å². The van der Waals surface area contributed by atoms with Crippen LogP contribution in [0.2, 0.25) is 0 Å². The number of amides is 2. The minimum Gasteiger partial charge on any atom is -0.481 e. The van der Waals surface area contributed by atoms with Gasteiger partial charge in [-0.25, -0.2) is 4.79 Å². The number of pyridine rings is 1. The van der Waals surface area contributed by atoms with Crippen molar-refractivity contribution in [3.63, 3.8) is 0 Å². The van der Waals surface area contributed by atoms with Crippen molar-refractivity contribution in [3.8, 4) is 11.8 Å². The van der Waals surface area contributed by atoms with Crippen molar-refractivity contribution in [1.82, 2.24) is 4.98 Å². The van der Waals surface area contributed by atoms with Gasteiger partial charge in [-0.05, 0) is 56.4 Å². The Morgan fingerprint density at radius 3 is 2.30 bits per heavy atom. The fourth-order valence-corrected chi connectivity index (χ4v) is 4.19. The molecule has 0 spiro atoms. The van der Waals surface area contributed by atoms with Crippen LogP contribution in [0.25, 0.3) is 16.8 Å². The molecule has 0 radical (unpaired) electrons. The molecule has 2 aromatic carbocycles. The number of fused-ring (bicyclic) bond motifs is 1. The minimum absolute atomic E-state index is 0.144. The third kappa shape index (κ3) is 8.68. The number of ether oxygens (including phenoxy) is 3. The first-order valence-corrected chi connectivity index (χ1v) is 14.1. The molecule has 214 valence electrons. The first-order chi connectivity index (χ1) is 18.8. The Labute approximate surface area is 233 Å². The Balaban J connectivity index is 2.00. The SMILES string of the molecule is COc1ccc(/C=C/C(=O)Nc2cc(NC(=O)OC(C)(C)C)c3ccccc3c2CCOS(C)(=O)=O)c(OC)n1. The van der Waals surface area contributed by atoms with E-state index < -0.39 is 27.7 Å². The van der Waals surface area contributed by atoms with Crippen molar-refractivity contribution in [3.05, 3.63) is 59.7 Å². The van der Waals surface area contributed by atoms with Gasteiger partial charge in [0.25, 0.3) is 10.1 Å². The number of anilines is 2. The van der Waals surface area contributed by atoms with Crippen molar-refractivity contribution in [2.45, 2.75) is 32.8 Å². The maximum absolute atomic E-state index is 13.0. The maximum Gasteiger partial charge on any atom is 0.412 e. The van der Waals surface area contributed by atoms with E-state index in [1.807, 2.05) is 6.07 Å². The number of carbonyl (C=O) groups is 2. The number of nitrogens with one attached hydrogen (secondary N) is 2. The molecule has 0 aliphatic heterocycles. The molecule has 0 atom stereocenters. The Hall–Kier alpha value is -4.16. The van der Waals surface area contributed by atoms with Crippen molar-refractivity contribution in [2.24, 2.45) is 0 Å². The van der Waals surface area contributed by atoms with Gasteiger partial charge in [0.2, 0.25) is 17.7 Å². The highest BCUT2D eigenvalue weighted by molar-refractivity contribution is 7.85. The number of hydrogen-bond donors (Lipinski definition) is 2. The molecular weight excluding hydrogens is 538 g/mol. The van der Waals surface area contributed by atoms with Crippen LogP contribution in [0.4, 0.5) is 16.2 Å². The predicted octanol–water partition coefficient (Wildman–Crippen LogP) is 4.77. The zero-order chi connectivity index (χ0) is 29.5. The normalized spacial score (nSPS) is 11.8. The third-order valence-electron chi connectivity index (χ3n) is 5.38. The third-order valence-corrected chi connectivity index (χ3v) is 5.97. The molecule has 0 aliphatic carbocycles. The summed E-state index contributed by atoms with van der Waals surface area (Å²) in [6.07, 6.45) is 3.31. The molecular formula is C28H33N3O8S. The second-order valence-electron chi connectivity index (χ2n) is 9.67. The Bertz CT molecular complexity index is 1530. The monoisotopic (exact) mass is 571 g/mol. The van der Waals surface area contributed by atoms with Gasteiger partial charge in [0.1, 0.15) is 5.60 Å². The largest absolute Gasteiger partial charge is 0.481 e. The Kier molecular flexibility index (Phi) is 9.72. The quantitative estimate of drug-likeness (QED) is 0.260. The summed E-state index contributed by atoms with van der Waals surface area (Å²) in [5.41, 5.74) is 1.21. The number of aromatic nitrogens is 1. The molecule has 1 heterocycles. The second kappa shape index (κ2) is 12.8. The lowest BCUT2D eigenvalue weighted by Gasteiger charge is -2.21. The number of rotatable bonds is 10. The first kappa shape index (κ1) is 30.4. The fraction of sp³-hybridized carbons (Fsp3) is 0.321. The fourth-order valence-electron chi connectivity index (χ4n) is 3.81. The van der Waals surface area contributed by atoms with Gasteiger partial charge in [0, 0.05) is 28.8 Å². The number of hydrogen-bond acceptors (Lipinski definition) is 9. The van der Waals surface area contributed by atoms with Gasteiger partial charge in [-0.1, -0.05) is 24.3 Å². The molecule has 0 bridgehead atoms. The summed E-state index contributed by atoms with van der Waals surface area (Å²) in [6.45, 7) is 5.11. The molecule has 1 aromatic heterocycles. The van der Waals surface area contributed by atoms with Crippen LogP contribution >= 0.6 is 0 Å². The maximum atomic E-state index is 13.0. The van der Waals surface area contributed by atoms with E-state index >= 15 is 0 Å². The van der Waals surface area contributed by atoms with Crippen LogP contribution in [-0.2, 0) is 30.3 Å². The molecule has 0 unspecified atom stereocenters. The Morgan fingerprint density at radius 2 is 1.68 bits per heavy atom. The molecule has 11 nitrogen and oxygen atoms in total. The van der Waals surface area contributed by atoms with E-state index in [1.54, 1.807) is 57.2 Å². The average Bonchev–Trinajstić information content (AvgIpc) is 2.87. The van der Waals surface area contributed by atoms with Gasteiger partial charge in [-0.3, -0.25) is 14.3 Å². The Morgan fingerprint density at radius 1 is 0.975 bits per heavy atom. The van der Waals surface area contributed by atoms with Crippen LogP contribution < -0.4 is 20.1 Å². The highest BCUT2D eigenvalue weighted by Crippen LogP contribution is 2.34. The van der Waals surface area contributed by atoms with E-state index in [4.69, 9.17) is 18.4 Å². The van der Waals surface area contributed by atoms with Gasteiger partial charge in [-0.15, -0.1) is 0 Å². The molecule has 12 heteroatoms. The molecule has 0 aliphatic rings. The van der Waals surface area contributed by atoms with Crippen molar-refractivity contribution >= 4 is 50.3 Å². The van der Waals surface area contributed by atoms with Gasteiger partial charge < -0.3 is 19.5 Å². The summed E-state index contributed by atoms with van der Waals surface area (Å²) in [4.78, 5) is 29.8. The number of methoxy groups -OCH3 is 2. The van der Waals surface area contributed by atoms with Crippen molar-refractivity contribution < 1.29 is 36.4 Å². The predicted molar refractivity (Wildman–Crippen MR) is 153 cm³/mol. The minimum atomic E-state index is -3.67. The van der Waals surface area contributed by atoms with Crippen LogP contribution in [0.5, 0.6) is 11.8 Å². The topological polar surface area (TPSA) is 142 Å². The van der Waals surface area contributed by atoms with E-state index in [-0.39, 0.29) is 18.9 Å². The van der Waals surface area contributed by atoms with Crippen LogP contribution in [0, 0.1) is 0 Å². The molecule has 3 rings (SSSR count). The van der Waals surface area contributed by atoms with Gasteiger partial charge in [-0.2, -0.15) is 13.4 Å². The van der Waals surface area contributed by atoms with E-state index in [0.29, 0.717) is 39.2 Å². The van der Waals surface area contributed by atoms with Crippen LogP contribution in [-0.4, -0.2) is 58.1 Å². The zero-order valence-corrected chi connectivity index (χ0v) is 24.0. The highest BCUT2D eigenvalue weighted by Gasteiger charge is 2.20. The van der Waals surface area contributed by atoms with Gasteiger partial charge in [0.05, 0.1) is 32.8 Å². The van der Waals surface area contributed by atoms with Gasteiger partial charge >= 0.3 is 6.09 Å². The summed E-state index contributed by atoms with van der Waals surface area (Å²) in [6, 6.07) is 12.1. The summed E-state index contributed by atoms with van der Waals surface area (Å²) < 4.78 is 43.9. The molecule has 0 saturated carbocycles. The summed E-state index contributed by atoms with van der Waals surface area (Å²) in [5.74, 6) is 0.152. The summed E-state index contributed by atoms with van der Waals surface area (Å²) in [7, 11) is -0.733. The van der Waals surface area contributed by atoms with Crippen LogP contribution in [0.1, 0.15) is 31.9 Å². The van der Waals surface area contributed by atoms with E-state index in [0.717, 1.165) is 6.26 Å². The number of nitrogens with zero attached hydrogens (tertiary/aromatic N) is 1. The lowest BCUT2D eigenvalue weighted by Crippen LogP contribution is -2.27. The lowest BCUT2D eigenvalue weighted by atomic mass is 9.98. The molecule has 0 fully saturated rings. The average molecular weight is 572 g/mol. The summed E-state index contributed by atoms with van der Waals surface area (Å²) >= 11 is 0. The van der Waals surface area contributed by atoms with Gasteiger partial charge in [0.15, 0.2) is 0 Å². The highest BCUT2D eigenvalue weighted by atomic mass is 32.2. The van der Waals surface area contributed by atoms with Crippen LogP contribution in [0.3, 0.4) is 0 Å². The zero-order valence-electron chi connectivity index (χ0n) is 23.2. The van der Waals surface area contributed by atoms with Crippen LogP contribution in [0.15, 0.2) is 48.5 Å². The second-order valence-corrected chi connectivity index (χ2v) is 11.3. The first-order valence-electron chi connectivity index (χ1n) is 12.3. The smallest absolute Gasteiger partial charge is 0.412 e. The molecule has 3 aromatic rings. The standard InChI is InChI=1S/C28H33N3O8S/c1-28(2,3)39-27(33)30-23-17-22(21(15-16-38-40(6,34)35)19-9-7-8-10-20(19)23)29-24(32)13-11-18-12-14-25(36-4)31-26(18)37-5/h7-14,17H,15-16H2,1-6H3,(H,29,32)(H,30,33)/b13-11+. The number of benzene rings is 2. The lowest BCUT2D eigenvalue weighted by molar-refractivity contribution is -0.111. The molecule has 2 N–H and O–H groups in total. The van der Waals surface area contributed by atoms with E-state index in [2.05, 4.69) is 15.6 Å². The van der Waals surface area contributed by atoms with Crippen molar-refractivity contribution in [2.75, 3.05) is 37.7 Å². The molecule has 0 saturated heterocycles. The van der Waals surface area contributed by atoms with E-state index in [9.17, 15) is 18.0 Å². The summed E-state index contributed by atoms with van der Waals surface area (Å²) in [5, 5.41) is 6.95. The van der Waals surface area contributed by atoms with Crippen molar-refractivity contribution in [1.29, 1.82) is 0 Å². The molecule has 2 amide bonds.